The molecule has 6 nitrogen and oxygen atoms in total. The molecular formula is C21H15NO5. The Labute approximate surface area is 154 Å². The summed E-state index contributed by atoms with van der Waals surface area (Å²) in [5.74, 6) is -0.116. The van der Waals surface area contributed by atoms with Crippen molar-refractivity contribution in [3.05, 3.63) is 106 Å². The molecule has 1 aliphatic rings. The van der Waals surface area contributed by atoms with E-state index in [9.17, 15) is 20.0 Å². The number of fused-ring (bicyclic) bond motifs is 1. The molecule has 3 aromatic carbocycles. The summed E-state index contributed by atoms with van der Waals surface area (Å²) in [5, 5.41) is 22.5. The van der Waals surface area contributed by atoms with Crippen molar-refractivity contribution in [1.82, 2.24) is 0 Å². The monoisotopic (exact) mass is 361 g/mol. The van der Waals surface area contributed by atoms with E-state index in [4.69, 9.17) is 4.74 Å². The number of nitrogens with zero attached hydrogens (tertiary/aromatic N) is 1. The van der Waals surface area contributed by atoms with Crippen LogP contribution in [0.2, 0.25) is 0 Å². The van der Waals surface area contributed by atoms with Crippen LogP contribution in [-0.2, 0) is 5.60 Å². The average Bonchev–Trinajstić information content (AvgIpc) is 2.71. The number of nitro groups is 1. The Bertz CT molecular complexity index is 1020. The summed E-state index contributed by atoms with van der Waals surface area (Å²) in [6.07, 6.45) is -0.984. The van der Waals surface area contributed by atoms with Gasteiger partial charge in [-0.05, 0) is 35.4 Å². The Morgan fingerprint density at radius 3 is 2.22 bits per heavy atom. The molecule has 0 saturated carbocycles. The van der Waals surface area contributed by atoms with Crippen LogP contribution in [0.15, 0.2) is 78.9 Å². The van der Waals surface area contributed by atoms with Gasteiger partial charge in [0.15, 0.2) is 11.7 Å². The van der Waals surface area contributed by atoms with Crippen molar-refractivity contribution >= 4 is 11.5 Å². The number of rotatable bonds is 3. The molecule has 0 radical (unpaired) electrons. The van der Waals surface area contributed by atoms with Crippen molar-refractivity contribution in [2.75, 3.05) is 0 Å². The molecule has 0 unspecified atom stereocenters. The lowest BCUT2D eigenvalue weighted by molar-refractivity contribution is -0.384. The Kier molecular flexibility index (Phi) is 3.97. The smallest absolute Gasteiger partial charge is 0.269 e. The molecule has 4 rings (SSSR count). The van der Waals surface area contributed by atoms with E-state index in [1.54, 1.807) is 48.5 Å². The van der Waals surface area contributed by atoms with Crippen LogP contribution in [0.3, 0.4) is 0 Å². The molecule has 0 amide bonds. The van der Waals surface area contributed by atoms with E-state index in [2.05, 4.69) is 0 Å². The van der Waals surface area contributed by atoms with Gasteiger partial charge in [-0.15, -0.1) is 0 Å². The van der Waals surface area contributed by atoms with Crippen LogP contribution < -0.4 is 4.74 Å². The van der Waals surface area contributed by atoms with Crippen molar-refractivity contribution in [3.63, 3.8) is 0 Å². The molecule has 0 spiro atoms. The number of aliphatic hydroxyl groups is 1. The third-order valence-corrected chi connectivity index (χ3v) is 4.72. The van der Waals surface area contributed by atoms with E-state index in [0.29, 0.717) is 11.3 Å². The van der Waals surface area contributed by atoms with Crippen molar-refractivity contribution in [1.29, 1.82) is 0 Å². The fraction of sp³-hybridized carbons (Fsp3) is 0.0952. The first-order chi connectivity index (χ1) is 13.0. The maximum atomic E-state index is 13.3. The van der Waals surface area contributed by atoms with Crippen LogP contribution in [0.5, 0.6) is 5.75 Å². The topological polar surface area (TPSA) is 89.7 Å². The predicted molar refractivity (Wildman–Crippen MR) is 97.6 cm³/mol. The van der Waals surface area contributed by atoms with Gasteiger partial charge in [0, 0.05) is 12.1 Å². The van der Waals surface area contributed by atoms with E-state index < -0.39 is 22.4 Å². The zero-order chi connectivity index (χ0) is 19.0. The normalized spacial score (nSPS) is 21.2. The lowest BCUT2D eigenvalue weighted by atomic mass is 9.77. The van der Waals surface area contributed by atoms with Crippen molar-refractivity contribution in [3.8, 4) is 5.75 Å². The largest absolute Gasteiger partial charge is 0.481 e. The van der Waals surface area contributed by atoms with E-state index >= 15 is 0 Å². The second-order valence-corrected chi connectivity index (χ2v) is 6.30. The molecule has 0 aromatic heterocycles. The Morgan fingerprint density at radius 2 is 1.56 bits per heavy atom. The van der Waals surface area contributed by atoms with Crippen LogP contribution in [0.4, 0.5) is 5.69 Å². The van der Waals surface area contributed by atoms with Gasteiger partial charge in [-0.1, -0.05) is 42.5 Å². The Balaban J connectivity index is 1.90. The molecular weight excluding hydrogens is 346 g/mol. The van der Waals surface area contributed by atoms with Crippen LogP contribution >= 0.6 is 0 Å². The zero-order valence-electron chi connectivity index (χ0n) is 14.1. The summed E-state index contributed by atoms with van der Waals surface area (Å²) in [4.78, 5) is 23.7. The van der Waals surface area contributed by atoms with E-state index in [0.717, 1.165) is 0 Å². The Morgan fingerprint density at radius 1 is 0.926 bits per heavy atom. The highest BCUT2D eigenvalue weighted by Crippen LogP contribution is 2.46. The van der Waals surface area contributed by atoms with Crippen LogP contribution in [-0.4, -0.2) is 15.8 Å². The second-order valence-electron chi connectivity index (χ2n) is 6.30. The van der Waals surface area contributed by atoms with Crippen molar-refractivity contribution in [2.45, 2.75) is 11.7 Å². The van der Waals surface area contributed by atoms with Gasteiger partial charge in [0.2, 0.25) is 5.78 Å². The number of carbonyl (C=O) groups excluding carboxylic acids is 1. The molecule has 27 heavy (non-hydrogen) atoms. The molecule has 0 bridgehead atoms. The van der Waals surface area contributed by atoms with Gasteiger partial charge in [0.25, 0.3) is 5.69 Å². The minimum absolute atomic E-state index is 0.122. The number of para-hydroxylation sites is 1. The molecule has 1 heterocycles. The SMILES string of the molecule is O=C1c2ccccc2O[C@H](c2ccccc2)[C@]1(O)c1ccc([N+](=O)[O-])cc1. The molecule has 2 atom stereocenters. The number of carbonyl (C=O) groups is 1. The van der Waals surface area contributed by atoms with Gasteiger partial charge in [0.1, 0.15) is 5.75 Å². The number of hydrogen-bond donors (Lipinski definition) is 1. The molecule has 6 heteroatoms. The van der Waals surface area contributed by atoms with Crippen molar-refractivity contribution < 1.29 is 19.6 Å². The summed E-state index contributed by atoms with van der Waals surface area (Å²) in [7, 11) is 0. The standard InChI is InChI=1S/C21H15NO5/c23-19-17-8-4-5-9-18(17)27-20(14-6-2-1-3-7-14)21(19,24)15-10-12-16(13-11-15)22(25)26/h1-13,20,24H/t20-,21+/m1/s1. The first kappa shape index (κ1) is 16.9. The highest BCUT2D eigenvalue weighted by molar-refractivity contribution is 6.06. The minimum atomic E-state index is -2.01. The lowest BCUT2D eigenvalue weighted by Gasteiger charge is -2.39. The zero-order valence-corrected chi connectivity index (χ0v) is 14.1. The molecule has 0 fully saturated rings. The second kappa shape index (κ2) is 6.34. The van der Waals surface area contributed by atoms with Gasteiger partial charge < -0.3 is 9.84 Å². The first-order valence-corrected chi connectivity index (χ1v) is 8.34. The average molecular weight is 361 g/mol. The minimum Gasteiger partial charge on any atom is -0.481 e. The fourth-order valence-electron chi connectivity index (χ4n) is 3.35. The summed E-state index contributed by atoms with van der Waals surface area (Å²) >= 11 is 0. The van der Waals surface area contributed by atoms with Crippen LogP contribution in [0.1, 0.15) is 27.6 Å². The van der Waals surface area contributed by atoms with Gasteiger partial charge in [-0.3, -0.25) is 14.9 Å². The maximum Gasteiger partial charge on any atom is 0.269 e. The van der Waals surface area contributed by atoms with Crippen molar-refractivity contribution in [2.24, 2.45) is 0 Å². The number of benzene rings is 3. The van der Waals surface area contributed by atoms with Gasteiger partial charge >= 0.3 is 0 Å². The molecule has 0 aliphatic carbocycles. The van der Waals surface area contributed by atoms with Crippen LogP contribution in [0, 0.1) is 10.1 Å². The van der Waals surface area contributed by atoms with E-state index in [-0.39, 0.29) is 16.8 Å². The van der Waals surface area contributed by atoms with E-state index in [1.807, 2.05) is 6.07 Å². The fourth-order valence-corrected chi connectivity index (χ4v) is 3.35. The van der Waals surface area contributed by atoms with Gasteiger partial charge in [-0.2, -0.15) is 0 Å². The number of non-ortho nitro benzene ring substituents is 1. The van der Waals surface area contributed by atoms with E-state index in [1.165, 1.54) is 24.3 Å². The Hall–Kier alpha value is -3.51. The molecule has 3 aromatic rings. The first-order valence-electron chi connectivity index (χ1n) is 8.34. The van der Waals surface area contributed by atoms with Gasteiger partial charge in [0.05, 0.1) is 10.5 Å². The molecule has 134 valence electrons. The third kappa shape index (κ3) is 2.67. The summed E-state index contributed by atoms with van der Waals surface area (Å²) in [5.41, 5.74) is -0.999. The van der Waals surface area contributed by atoms with Crippen LogP contribution in [0.25, 0.3) is 0 Å². The number of ether oxygens (including phenoxy) is 1. The number of ketones is 1. The summed E-state index contributed by atoms with van der Waals surface area (Å²) < 4.78 is 6.03. The number of Topliss-reactive ketones (excluding diaryl/α,β-unsaturated/α-hetero) is 1. The number of nitro benzene ring substituents is 1. The summed E-state index contributed by atoms with van der Waals surface area (Å²) in [6, 6.07) is 21.0. The summed E-state index contributed by atoms with van der Waals surface area (Å²) in [6.45, 7) is 0. The molecule has 1 N–H and O–H groups in total. The lowest BCUT2D eigenvalue weighted by Crippen LogP contribution is -2.47. The number of hydrogen-bond acceptors (Lipinski definition) is 5. The predicted octanol–water partition coefficient (Wildman–Crippen LogP) is 3.80. The molecule has 0 saturated heterocycles. The third-order valence-electron chi connectivity index (χ3n) is 4.72. The highest BCUT2D eigenvalue weighted by Gasteiger charge is 2.52. The maximum absolute atomic E-state index is 13.3. The highest BCUT2D eigenvalue weighted by atomic mass is 16.6. The quantitative estimate of drug-likeness (QED) is 0.566. The molecule has 1 aliphatic heterocycles. The van der Waals surface area contributed by atoms with Gasteiger partial charge in [-0.25, -0.2) is 0 Å².